The SMILES string of the molecule is Cl.O=C(c1sccc1S(=O)(=O)N1CCCC1)N1CC[C@@H]2CNC[C@@H]2CC1. The maximum atomic E-state index is 13.1. The third-order valence-corrected chi connectivity index (χ3v) is 8.79. The van der Waals surface area contributed by atoms with Gasteiger partial charge in [0.2, 0.25) is 10.0 Å². The average molecular weight is 420 g/mol. The molecule has 9 heteroatoms. The highest BCUT2D eigenvalue weighted by Crippen LogP contribution is 2.31. The molecule has 0 bridgehead atoms. The molecular weight excluding hydrogens is 394 g/mol. The van der Waals surface area contributed by atoms with Crippen LogP contribution in [0, 0.1) is 11.8 Å². The van der Waals surface area contributed by atoms with Gasteiger partial charge in [0.1, 0.15) is 9.77 Å². The molecule has 4 heterocycles. The molecule has 1 aromatic rings. The fraction of sp³-hybridized carbons (Fsp3) is 0.706. The number of hydrogen-bond acceptors (Lipinski definition) is 5. The van der Waals surface area contributed by atoms with Crippen molar-refractivity contribution in [2.24, 2.45) is 11.8 Å². The van der Waals surface area contributed by atoms with Crippen LogP contribution in [0.15, 0.2) is 16.3 Å². The third kappa shape index (κ3) is 3.67. The molecule has 0 aromatic carbocycles. The molecule has 0 aliphatic carbocycles. The summed E-state index contributed by atoms with van der Waals surface area (Å²) in [6.07, 6.45) is 3.80. The lowest BCUT2D eigenvalue weighted by atomic mass is 9.92. The zero-order valence-corrected chi connectivity index (χ0v) is 17.2. The molecule has 1 amide bonds. The van der Waals surface area contributed by atoms with Gasteiger partial charge in [-0.1, -0.05) is 0 Å². The van der Waals surface area contributed by atoms with E-state index in [2.05, 4.69) is 5.32 Å². The van der Waals surface area contributed by atoms with Crippen LogP contribution in [0.1, 0.15) is 35.4 Å². The standard InChI is InChI=1S/C17H25N3O3S2.ClH/c21-17(19-8-3-13-11-18-12-14(13)4-9-19)16-15(5-10-24-16)25(22,23)20-6-1-2-7-20;/h5,10,13-14,18H,1-4,6-9,11-12H2;1H/t13-,14+;. The summed E-state index contributed by atoms with van der Waals surface area (Å²) in [6.45, 7) is 4.66. The van der Waals surface area contributed by atoms with E-state index in [1.165, 1.54) is 15.6 Å². The Morgan fingerprint density at radius 3 is 2.31 bits per heavy atom. The van der Waals surface area contributed by atoms with Crippen LogP contribution in [0.25, 0.3) is 0 Å². The molecule has 3 fully saturated rings. The number of rotatable bonds is 3. The Morgan fingerprint density at radius 2 is 1.69 bits per heavy atom. The maximum Gasteiger partial charge on any atom is 0.265 e. The van der Waals surface area contributed by atoms with E-state index in [0.717, 1.165) is 51.9 Å². The molecule has 3 aliphatic heterocycles. The van der Waals surface area contributed by atoms with E-state index in [0.29, 0.717) is 29.8 Å². The fourth-order valence-electron chi connectivity index (χ4n) is 4.29. The molecule has 0 spiro atoms. The van der Waals surface area contributed by atoms with Crippen LogP contribution in [0.2, 0.25) is 0 Å². The first-order valence-electron chi connectivity index (χ1n) is 9.15. The Bertz CT molecular complexity index is 732. The topological polar surface area (TPSA) is 69.7 Å². The predicted octanol–water partition coefficient (Wildman–Crippen LogP) is 2.03. The van der Waals surface area contributed by atoms with Crippen molar-refractivity contribution < 1.29 is 13.2 Å². The van der Waals surface area contributed by atoms with E-state index < -0.39 is 10.0 Å². The highest BCUT2D eigenvalue weighted by atomic mass is 35.5. The van der Waals surface area contributed by atoms with Gasteiger partial charge in [0.15, 0.2) is 0 Å². The monoisotopic (exact) mass is 419 g/mol. The summed E-state index contributed by atoms with van der Waals surface area (Å²) in [5.74, 6) is 1.18. The van der Waals surface area contributed by atoms with Crippen molar-refractivity contribution in [2.45, 2.75) is 30.6 Å². The Hall–Kier alpha value is -0.670. The third-order valence-electron chi connectivity index (χ3n) is 5.81. The Kier molecular flexibility index (Phi) is 6.29. The summed E-state index contributed by atoms with van der Waals surface area (Å²) in [4.78, 5) is 15.5. The number of amides is 1. The average Bonchev–Trinajstić information content (AvgIpc) is 3.34. The summed E-state index contributed by atoms with van der Waals surface area (Å²) in [5, 5.41) is 5.17. The van der Waals surface area contributed by atoms with Crippen LogP contribution in [0.4, 0.5) is 0 Å². The molecule has 4 rings (SSSR count). The first kappa shape index (κ1) is 20.1. The lowest BCUT2D eigenvalue weighted by Crippen LogP contribution is -2.34. The number of fused-ring (bicyclic) bond motifs is 1. The van der Waals surface area contributed by atoms with Gasteiger partial charge in [0, 0.05) is 26.2 Å². The van der Waals surface area contributed by atoms with Crippen molar-refractivity contribution in [3.8, 4) is 0 Å². The van der Waals surface area contributed by atoms with E-state index in [1.54, 1.807) is 11.4 Å². The predicted molar refractivity (Wildman–Crippen MR) is 105 cm³/mol. The van der Waals surface area contributed by atoms with Gasteiger partial charge in [-0.05, 0) is 62.1 Å². The van der Waals surface area contributed by atoms with Gasteiger partial charge < -0.3 is 10.2 Å². The van der Waals surface area contributed by atoms with Gasteiger partial charge in [0.25, 0.3) is 5.91 Å². The molecule has 0 radical (unpaired) electrons. The molecule has 3 saturated heterocycles. The van der Waals surface area contributed by atoms with E-state index in [-0.39, 0.29) is 23.2 Å². The van der Waals surface area contributed by atoms with Crippen LogP contribution < -0.4 is 5.32 Å². The van der Waals surface area contributed by atoms with Crippen molar-refractivity contribution in [1.29, 1.82) is 0 Å². The first-order valence-corrected chi connectivity index (χ1v) is 11.5. The van der Waals surface area contributed by atoms with E-state index in [9.17, 15) is 13.2 Å². The number of hydrogen-bond donors (Lipinski definition) is 1. The number of carbonyl (C=O) groups excluding carboxylic acids is 1. The largest absolute Gasteiger partial charge is 0.338 e. The van der Waals surface area contributed by atoms with Crippen LogP contribution >= 0.6 is 23.7 Å². The smallest absolute Gasteiger partial charge is 0.265 e. The normalized spacial score (nSPS) is 27.0. The number of nitrogens with zero attached hydrogens (tertiary/aromatic N) is 2. The summed E-state index contributed by atoms with van der Waals surface area (Å²) in [7, 11) is -3.55. The minimum Gasteiger partial charge on any atom is -0.338 e. The lowest BCUT2D eigenvalue weighted by molar-refractivity contribution is 0.0759. The van der Waals surface area contributed by atoms with Crippen molar-refractivity contribution >= 4 is 39.7 Å². The minimum absolute atomic E-state index is 0. The van der Waals surface area contributed by atoms with Crippen molar-refractivity contribution in [3.63, 3.8) is 0 Å². The second-order valence-corrected chi connectivity index (χ2v) is 10.1. The number of thiophene rings is 1. The number of halogens is 1. The highest BCUT2D eigenvalue weighted by molar-refractivity contribution is 7.89. The maximum absolute atomic E-state index is 13.1. The minimum atomic E-state index is -3.55. The molecule has 1 N–H and O–H groups in total. The molecule has 6 nitrogen and oxygen atoms in total. The van der Waals surface area contributed by atoms with Gasteiger partial charge >= 0.3 is 0 Å². The van der Waals surface area contributed by atoms with Crippen LogP contribution in [0.5, 0.6) is 0 Å². The van der Waals surface area contributed by atoms with E-state index in [1.807, 2.05) is 4.90 Å². The molecule has 0 saturated carbocycles. The Labute approximate surface area is 165 Å². The number of sulfonamides is 1. The fourth-order valence-corrected chi connectivity index (χ4v) is 7.17. The molecule has 146 valence electrons. The van der Waals surface area contributed by atoms with Crippen molar-refractivity contribution in [2.75, 3.05) is 39.3 Å². The molecule has 26 heavy (non-hydrogen) atoms. The van der Waals surface area contributed by atoms with Crippen LogP contribution in [0.3, 0.4) is 0 Å². The first-order chi connectivity index (χ1) is 12.1. The molecule has 1 aromatic heterocycles. The Morgan fingerprint density at radius 1 is 1.08 bits per heavy atom. The lowest BCUT2D eigenvalue weighted by Gasteiger charge is -2.22. The molecule has 0 unspecified atom stereocenters. The second-order valence-electron chi connectivity index (χ2n) is 7.27. The summed E-state index contributed by atoms with van der Waals surface area (Å²) >= 11 is 1.26. The second kappa shape index (κ2) is 8.14. The van der Waals surface area contributed by atoms with Gasteiger partial charge in [-0.15, -0.1) is 23.7 Å². The summed E-state index contributed by atoms with van der Waals surface area (Å²) in [6, 6.07) is 1.60. The molecular formula is C17H26ClN3O3S2. The number of nitrogens with one attached hydrogen (secondary N) is 1. The van der Waals surface area contributed by atoms with E-state index in [4.69, 9.17) is 0 Å². The molecule has 3 aliphatic rings. The van der Waals surface area contributed by atoms with Crippen molar-refractivity contribution in [3.05, 3.63) is 16.3 Å². The summed E-state index contributed by atoms with van der Waals surface area (Å²) < 4.78 is 27.3. The van der Waals surface area contributed by atoms with E-state index >= 15 is 0 Å². The van der Waals surface area contributed by atoms with Gasteiger partial charge in [-0.25, -0.2) is 8.42 Å². The van der Waals surface area contributed by atoms with Crippen molar-refractivity contribution in [1.82, 2.24) is 14.5 Å². The quantitative estimate of drug-likeness (QED) is 0.813. The van der Waals surface area contributed by atoms with Crippen LogP contribution in [-0.2, 0) is 10.0 Å². The zero-order chi connectivity index (χ0) is 17.4. The zero-order valence-electron chi connectivity index (χ0n) is 14.7. The number of carbonyl (C=O) groups is 1. The summed E-state index contributed by atoms with van der Waals surface area (Å²) in [5.41, 5.74) is 0. The van der Waals surface area contributed by atoms with Gasteiger partial charge in [-0.3, -0.25) is 4.79 Å². The highest BCUT2D eigenvalue weighted by Gasteiger charge is 2.35. The Balaban J connectivity index is 0.00000196. The molecule has 2 atom stereocenters. The van der Waals surface area contributed by atoms with Crippen LogP contribution in [-0.4, -0.2) is 62.8 Å². The van der Waals surface area contributed by atoms with Gasteiger partial charge in [0.05, 0.1) is 0 Å². The number of likely N-dealkylation sites (tertiary alicyclic amines) is 1. The van der Waals surface area contributed by atoms with Gasteiger partial charge in [-0.2, -0.15) is 4.31 Å².